The Kier molecular flexibility index (Phi) is 4.34. The zero-order chi connectivity index (χ0) is 15.5. The SMILES string of the molecule is CNCC1CCCN1C(=O)C1=Cc2cccc(OC)c2OC1. The lowest BCUT2D eigenvalue weighted by Crippen LogP contribution is -2.42. The summed E-state index contributed by atoms with van der Waals surface area (Å²) in [5, 5.41) is 3.17. The molecule has 5 nitrogen and oxygen atoms in total. The lowest BCUT2D eigenvalue weighted by atomic mass is 10.1. The maximum Gasteiger partial charge on any atom is 0.253 e. The van der Waals surface area contributed by atoms with Gasteiger partial charge >= 0.3 is 0 Å². The number of carbonyl (C=O) groups excluding carboxylic acids is 1. The minimum absolute atomic E-state index is 0.0891. The Balaban J connectivity index is 1.83. The van der Waals surface area contributed by atoms with Gasteiger partial charge in [-0.2, -0.15) is 0 Å². The average Bonchev–Trinajstić information content (AvgIpc) is 3.01. The molecule has 0 aromatic heterocycles. The predicted molar refractivity (Wildman–Crippen MR) is 85.1 cm³/mol. The summed E-state index contributed by atoms with van der Waals surface area (Å²) in [6.45, 7) is 1.97. The molecule has 0 bridgehead atoms. The van der Waals surface area contributed by atoms with Gasteiger partial charge in [0.25, 0.3) is 5.91 Å². The Hall–Kier alpha value is -2.01. The topological polar surface area (TPSA) is 50.8 Å². The number of fused-ring (bicyclic) bond motifs is 1. The first kappa shape index (κ1) is 14.9. The molecule has 1 aromatic carbocycles. The number of ether oxygens (including phenoxy) is 2. The molecule has 1 fully saturated rings. The molecule has 0 saturated carbocycles. The molecule has 118 valence electrons. The predicted octanol–water partition coefficient (Wildman–Crippen LogP) is 1.68. The standard InChI is InChI=1S/C17H22N2O3/c1-18-10-14-6-4-8-19(14)17(20)13-9-12-5-3-7-15(21-2)16(12)22-11-13/h3,5,7,9,14,18H,4,6,8,10-11H2,1-2H3. The van der Waals surface area contributed by atoms with E-state index in [9.17, 15) is 4.79 Å². The van der Waals surface area contributed by atoms with Crippen LogP contribution in [0, 0.1) is 0 Å². The van der Waals surface area contributed by atoms with Crippen LogP contribution in [0.2, 0.25) is 0 Å². The summed E-state index contributed by atoms with van der Waals surface area (Å²) in [6, 6.07) is 6.00. The summed E-state index contributed by atoms with van der Waals surface area (Å²) in [5.74, 6) is 1.51. The summed E-state index contributed by atoms with van der Waals surface area (Å²) < 4.78 is 11.1. The van der Waals surface area contributed by atoms with Gasteiger partial charge in [-0.3, -0.25) is 4.79 Å². The first-order valence-electron chi connectivity index (χ1n) is 7.70. The molecule has 0 spiro atoms. The van der Waals surface area contributed by atoms with Crippen LogP contribution in [0.3, 0.4) is 0 Å². The van der Waals surface area contributed by atoms with Crippen molar-refractivity contribution in [3.8, 4) is 11.5 Å². The number of nitrogens with zero attached hydrogens (tertiary/aromatic N) is 1. The van der Waals surface area contributed by atoms with E-state index in [0.717, 1.165) is 37.2 Å². The van der Waals surface area contributed by atoms with Crippen molar-refractivity contribution in [2.45, 2.75) is 18.9 Å². The highest BCUT2D eigenvalue weighted by Gasteiger charge is 2.31. The second kappa shape index (κ2) is 6.40. The third kappa shape index (κ3) is 2.68. The Bertz CT molecular complexity index is 598. The van der Waals surface area contributed by atoms with E-state index in [1.165, 1.54) is 0 Å². The van der Waals surface area contributed by atoms with Gasteiger partial charge in [0.05, 0.1) is 12.7 Å². The monoisotopic (exact) mass is 302 g/mol. The second-order valence-corrected chi connectivity index (χ2v) is 5.69. The summed E-state index contributed by atoms with van der Waals surface area (Å²) in [6.07, 6.45) is 4.06. The zero-order valence-electron chi connectivity index (χ0n) is 13.1. The van der Waals surface area contributed by atoms with Crippen LogP contribution in [0.1, 0.15) is 18.4 Å². The fourth-order valence-electron chi connectivity index (χ4n) is 3.20. The molecule has 2 aliphatic rings. The molecule has 3 rings (SSSR count). The van der Waals surface area contributed by atoms with Crippen LogP contribution in [0.5, 0.6) is 11.5 Å². The molecule has 2 aliphatic heterocycles. The maximum atomic E-state index is 12.8. The molecule has 5 heteroatoms. The molecule has 22 heavy (non-hydrogen) atoms. The molecule has 1 unspecified atom stereocenters. The Morgan fingerprint density at radius 2 is 2.36 bits per heavy atom. The highest BCUT2D eigenvalue weighted by molar-refractivity contribution is 5.99. The highest BCUT2D eigenvalue weighted by atomic mass is 16.5. The Morgan fingerprint density at radius 1 is 1.50 bits per heavy atom. The van der Waals surface area contributed by atoms with Gasteiger partial charge in [-0.15, -0.1) is 0 Å². The number of amides is 1. The van der Waals surface area contributed by atoms with E-state index in [-0.39, 0.29) is 11.9 Å². The molecule has 0 aliphatic carbocycles. The minimum atomic E-state index is 0.0891. The molecular formula is C17H22N2O3. The third-order valence-electron chi connectivity index (χ3n) is 4.28. The molecule has 1 N–H and O–H groups in total. The number of benzene rings is 1. The van der Waals surface area contributed by atoms with Gasteiger partial charge in [-0.1, -0.05) is 12.1 Å². The van der Waals surface area contributed by atoms with Gasteiger partial charge < -0.3 is 19.7 Å². The highest BCUT2D eigenvalue weighted by Crippen LogP contribution is 2.36. The zero-order valence-corrected chi connectivity index (χ0v) is 13.1. The van der Waals surface area contributed by atoms with E-state index in [1.54, 1.807) is 7.11 Å². The van der Waals surface area contributed by atoms with Crippen molar-refractivity contribution in [3.63, 3.8) is 0 Å². The van der Waals surface area contributed by atoms with E-state index in [2.05, 4.69) is 5.32 Å². The van der Waals surface area contributed by atoms with Crippen LogP contribution in [0.4, 0.5) is 0 Å². The van der Waals surface area contributed by atoms with Crippen molar-refractivity contribution < 1.29 is 14.3 Å². The molecule has 1 aromatic rings. The molecule has 1 amide bonds. The minimum Gasteiger partial charge on any atom is -0.493 e. The fraction of sp³-hybridized carbons (Fsp3) is 0.471. The van der Waals surface area contributed by atoms with Gasteiger partial charge in [0.1, 0.15) is 6.61 Å². The summed E-state index contributed by atoms with van der Waals surface area (Å²) in [4.78, 5) is 14.7. The summed E-state index contributed by atoms with van der Waals surface area (Å²) in [7, 11) is 3.54. The van der Waals surface area contributed by atoms with Crippen LogP contribution in [0.15, 0.2) is 23.8 Å². The number of carbonyl (C=O) groups is 1. The summed E-state index contributed by atoms with van der Waals surface area (Å²) in [5.41, 5.74) is 1.61. The van der Waals surface area contributed by atoms with Gasteiger partial charge in [0.15, 0.2) is 11.5 Å². The van der Waals surface area contributed by atoms with Gasteiger partial charge in [0, 0.05) is 24.7 Å². The van der Waals surface area contributed by atoms with Crippen molar-refractivity contribution in [1.82, 2.24) is 10.2 Å². The van der Waals surface area contributed by atoms with E-state index in [4.69, 9.17) is 9.47 Å². The van der Waals surface area contributed by atoms with E-state index >= 15 is 0 Å². The van der Waals surface area contributed by atoms with Gasteiger partial charge in [0.2, 0.25) is 0 Å². The fourth-order valence-corrected chi connectivity index (χ4v) is 3.20. The Labute approximate surface area is 130 Å². The van der Waals surface area contributed by atoms with Crippen molar-refractivity contribution >= 4 is 12.0 Å². The van der Waals surface area contributed by atoms with Crippen LogP contribution in [-0.2, 0) is 4.79 Å². The molecule has 1 atom stereocenters. The van der Waals surface area contributed by atoms with Crippen molar-refractivity contribution in [2.24, 2.45) is 0 Å². The van der Waals surface area contributed by atoms with Crippen LogP contribution in [-0.4, -0.2) is 50.7 Å². The van der Waals surface area contributed by atoms with Gasteiger partial charge in [-0.05, 0) is 32.0 Å². The number of rotatable bonds is 4. The van der Waals surface area contributed by atoms with E-state index < -0.39 is 0 Å². The van der Waals surface area contributed by atoms with Crippen LogP contribution >= 0.6 is 0 Å². The lowest BCUT2D eigenvalue weighted by molar-refractivity contribution is -0.128. The number of likely N-dealkylation sites (N-methyl/N-ethyl adjacent to an activating group) is 1. The quantitative estimate of drug-likeness (QED) is 0.919. The van der Waals surface area contributed by atoms with E-state index in [0.29, 0.717) is 17.9 Å². The number of methoxy groups -OCH3 is 1. The van der Waals surface area contributed by atoms with Crippen LogP contribution < -0.4 is 14.8 Å². The molecule has 1 saturated heterocycles. The van der Waals surface area contributed by atoms with Crippen LogP contribution in [0.25, 0.3) is 6.08 Å². The third-order valence-corrected chi connectivity index (χ3v) is 4.28. The largest absolute Gasteiger partial charge is 0.493 e. The molecule has 0 radical (unpaired) electrons. The number of nitrogens with one attached hydrogen (secondary N) is 1. The first-order chi connectivity index (χ1) is 10.7. The smallest absolute Gasteiger partial charge is 0.253 e. The van der Waals surface area contributed by atoms with Crippen molar-refractivity contribution in [1.29, 1.82) is 0 Å². The normalized spacial score (nSPS) is 20.2. The van der Waals surface area contributed by atoms with Gasteiger partial charge in [-0.25, -0.2) is 0 Å². The summed E-state index contributed by atoms with van der Waals surface area (Å²) >= 11 is 0. The second-order valence-electron chi connectivity index (χ2n) is 5.69. The van der Waals surface area contributed by atoms with Crippen molar-refractivity contribution in [2.75, 3.05) is 33.9 Å². The number of likely N-dealkylation sites (tertiary alicyclic amines) is 1. The number of para-hydroxylation sites is 1. The van der Waals surface area contributed by atoms with Crippen molar-refractivity contribution in [3.05, 3.63) is 29.3 Å². The molecule has 2 heterocycles. The number of hydrogen-bond acceptors (Lipinski definition) is 4. The molecular weight excluding hydrogens is 280 g/mol. The lowest BCUT2D eigenvalue weighted by Gasteiger charge is -2.27. The first-order valence-corrected chi connectivity index (χ1v) is 7.70. The van der Waals surface area contributed by atoms with E-state index in [1.807, 2.05) is 36.2 Å². The Morgan fingerprint density at radius 3 is 3.14 bits per heavy atom. The maximum absolute atomic E-state index is 12.8. The number of hydrogen-bond donors (Lipinski definition) is 1. The average molecular weight is 302 g/mol.